The van der Waals surface area contributed by atoms with Crippen molar-refractivity contribution in [3.05, 3.63) is 40.9 Å². The van der Waals surface area contributed by atoms with Gasteiger partial charge in [-0.3, -0.25) is 4.79 Å². The van der Waals surface area contributed by atoms with Gasteiger partial charge in [-0.1, -0.05) is 25.1 Å². The number of carbonyl (C=O) groups is 1. The molecule has 0 aliphatic carbocycles. The summed E-state index contributed by atoms with van der Waals surface area (Å²) < 4.78 is 24.5. The lowest BCUT2D eigenvalue weighted by Crippen LogP contribution is -2.37. The second kappa shape index (κ2) is 7.10. The Morgan fingerprint density at radius 1 is 1.30 bits per heavy atom. The fourth-order valence-corrected chi connectivity index (χ4v) is 3.76. The number of aryl methyl sites for hydroxylation is 1. The molecule has 124 valence electrons. The lowest BCUT2D eigenvalue weighted by atomic mass is 10.3. The first-order valence-electron chi connectivity index (χ1n) is 7.14. The summed E-state index contributed by atoms with van der Waals surface area (Å²) in [6.07, 6.45) is 1.59. The summed E-state index contributed by atoms with van der Waals surface area (Å²) in [6, 6.07) is 9.46. The van der Waals surface area contributed by atoms with Crippen LogP contribution in [0.4, 0.5) is 10.8 Å². The Labute approximate surface area is 140 Å². The minimum Gasteiger partial charge on any atom is -0.332 e. The molecular weight excluding hydrogens is 334 g/mol. The second-order valence-electron chi connectivity index (χ2n) is 5.06. The summed E-state index contributed by atoms with van der Waals surface area (Å²) in [6.45, 7) is 3.73. The van der Waals surface area contributed by atoms with E-state index in [1.54, 1.807) is 6.92 Å². The Hall–Kier alpha value is -1.93. The number of rotatable bonds is 6. The van der Waals surface area contributed by atoms with Gasteiger partial charge in [-0.25, -0.2) is 17.7 Å². The molecule has 1 aromatic heterocycles. The maximum absolute atomic E-state index is 12.5. The van der Waals surface area contributed by atoms with Crippen molar-refractivity contribution >= 4 is 38.1 Å². The quantitative estimate of drug-likeness (QED) is 0.863. The van der Waals surface area contributed by atoms with Crippen LogP contribution in [0.25, 0.3) is 0 Å². The zero-order chi connectivity index (χ0) is 17.0. The molecule has 2 aromatic rings. The third-order valence-corrected chi connectivity index (χ3v) is 5.11. The maximum atomic E-state index is 12.5. The molecule has 0 atom stereocenters. The predicted octanol–water partition coefficient (Wildman–Crippen LogP) is 3.01. The van der Waals surface area contributed by atoms with Crippen LogP contribution in [0.1, 0.15) is 28.7 Å². The number of nitrogens with one attached hydrogen (secondary N) is 1. The number of carbonyl (C=O) groups excluding carboxylic acids is 1. The van der Waals surface area contributed by atoms with E-state index in [1.165, 1.54) is 11.3 Å². The minimum absolute atomic E-state index is 0.149. The Morgan fingerprint density at radius 2 is 1.96 bits per heavy atom. The normalized spacial score (nSPS) is 11.3. The van der Waals surface area contributed by atoms with Crippen molar-refractivity contribution in [2.24, 2.45) is 0 Å². The molecule has 23 heavy (non-hydrogen) atoms. The zero-order valence-electron chi connectivity index (χ0n) is 13.2. The van der Waals surface area contributed by atoms with E-state index in [9.17, 15) is 13.2 Å². The number of thiazole rings is 1. The van der Waals surface area contributed by atoms with Gasteiger partial charge in [0.05, 0.1) is 6.26 Å². The summed E-state index contributed by atoms with van der Waals surface area (Å²) in [5, 5.41) is 3.67. The van der Waals surface area contributed by atoms with Crippen LogP contribution in [0.15, 0.2) is 30.3 Å². The Bertz CT molecular complexity index is 786. The third kappa shape index (κ3) is 4.29. The molecule has 0 unspecified atom stereocenters. The predicted molar refractivity (Wildman–Crippen MR) is 92.7 cm³/mol. The van der Waals surface area contributed by atoms with Crippen molar-refractivity contribution in [3.63, 3.8) is 0 Å². The van der Waals surface area contributed by atoms with Crippen molar-refractivity contribution in [1.29, 1.82) is 0 Å². The van der Waals surface area contributed by atoms with Crippen LogP contribution in [0.3, 0.4) is 0 Å². The number of hydrogen-bond acceptors (Lipinski definition) is 6. The molecule has 0 aliphatic heterocycles. The van der Waals surface area contributed by atoms with Gasteiger partial charge in [-0.2, -0.15) is 0 Å². The van der Waals surface area contributed by atoms with Gasteiger partial charge in [0.1, 0.15) is 5.69 Å². The van der Waals surface area contributed by atoms with E-state index in [0.29, 0.717) is 16.4 Å². The van der Waals surface area contributed by atoms with Gasteiger partial charge in [0.25, 0.3) is 5.91 Å². The summed E-state index contributed by atoms with van der Waals surface area (Å²) in [7, 11) is -3.61. The SMILES string of the molecule is CCCN(C(=O)c1nc(Nc2ccccc2)sc1C)S(C)(=O)=O. The summed E-state index contributed by atoms with van der Waals surface area (Å²) >= 11 is 1.32. The third-order valence-electron chi connectivity index (χ3n) is 3.08. The summed E-state index contributed by atoms with van der Waals surface area (Å²) in [4.78, 5) is 17.5. The molecular formula is C15H19N3O3S2. The molecule has 0 saturated heterocycles. The summed E-state index contributed by atoms with van der Waals surface area (Å²) in [5.41, 5.74) is 1.03. The Kier molecular flexibility index (Phi) is 5.38. The van der Waals surface area contributed by atoms with E-state index in [0.717, 1.165) is 16.2 Å². The monoisotopic (exact) mass is 353 g/mol. The van der Waals surface area contributed by atoms with Crippen molar-refractivity contribution in [3.8, 4) is 0 Å². The standard InChI is InChI=1S/C15H19N3O3S2/c1-4-10-18(23(3,20)21)14(19)13-11(2)22-15(17-13)16-12-8-6-5-7-9-12/h5-9H,4,10H2,1-3H3,(H,16,17). The van der Waals surface area contributed by atoms with Crippen LogP contribution < -0.4 is 5.32 Å². The van der Waals surface area contributed by atoms with Crippen molar-refractivity contribution in [1.82, 2.24) is 9.29 Å². The van der Waals surface area contributed by atoms with Gasteiger partial charge in [-0.05, 0) is 25.5 Å². The largest absolute Gasteiger partial charge is 0.332 e. The first kappa shape index (κ1) is 17.4. The summed E-state index contributed by atoms with van der Waals surface area (Å²) in [5.74, 6) is -0.579. The van der Waals surface area contributed by atoms with Gasteiger partial charge in [0.15, 0.2) is 5.13 Å². The van der Waals surface area contributed by atoms with Crippen LogP contribution in [0.5, 0.6) is 0 Å². The molecule has 0 aliphatic rings. The highest BCUT2D eigenvalue weighted by molar-refractivity contribution is 7.88. The first-order valence-corrected chi connectivity index (χ1v) is 9.81. The number of benzene rings is 1. The van der Waals surface area contributed by atoms with Gasteiger partial charge in [0.2, 0.25) is 10.0 Å². The number of para-hydroxylation sites is 1. The highest BCUT2D eigenvalue weighted by Crippen LogP contribution is 2.26. The van der Waals surface area contributed by atoms with Crippen LogP contribution in [-0.4, -0.2) is 36.4 Å². The molecule has 0 spiro atoms. The molecule has 6 nitrogen and oxygen atoms in total. The lowest BCUT2D eigenvalue weighted by molar-refractivity contribution is 0.0857. The molecule has 1 N–H and O–H groups in total. The van der Waals surface area contributed by atoms with E-state index in [1.807, 2.05) is 37.3 Å². The number of aromatic nitrogens is 1. The maximum Gasteiger partial charge on any atom is 0.287 e. The molecule has 0 saturated carbocycles. The van der Waals surface area contributed by atoms with Crippen LogP contribution >= 0.6 is 11.3 Å². The topological polar surface area (TPSA) is 79.4 Å². The zero-order valence-corrected chi connectivity index (χ0v) is 14.9. The van der Waals surface area contributed by atoms with Gasteiger partial charge in [-0.15, -0.1) is 11.3 Å². The Balaban J connectivity index is 2.28. The fourth-order valence-electron chi connectivity index (χ4n) is 2.03. The molecule has 1 amide bonds. The van der Waals surface area contributed by atoms with E-state index >= 15 is 0 Å². The van der Waals surface area contributed by atoms with Crippen LogP contribution in [0, 0.1) is 6.92 Å². The lowest BCUT2D eigenvalue weighted by Gasteiger charge is -2.18. The highest BCUT2D eigenvalue weighted by Gasteiger charge is 2.27. The van der Waals surface area contributed by atoms with E-state index in [2.05, 4.69) is 10.3 Å². The van der Waals surface area contributed by atoms with Gasteiger partial charge in [0, 0.05) is 17.1 Å². The van der Waals surface area contributed by atoms with Gasteiger partial charge >= 0.3 is 0 Å². The van der Waals surface area contributed by atoms with Crippen molar-refractivity contribution < 1.29 is 13.2 Å². The average molecular weight is 353 g/mol. The Morgan fingerprint density at radius 3 is 2.52 bits per heavy atom. The average Bonchev–Trinajstić information content (AvgIpc) is 2.84. The molecule has 0 bridgehead atoms. The number of amides is 1. The van der Waals surface area contributed by atoms with Crippen LogP contribution in [0.2, 0.25) is 0 Å². The van der Waals surface area contributed by atoms with Gasteiger partial charge < -0.3 is 5.32 Å². The van der Waals surface area contributed by atoms with E-state index < -0.39 is 15.9 Å². The molecule has 0 fully saturated rings. The molecule has 2 rings (SSSR count). The molecule has 1 aromatic carbocycles. The molecule has 0 radical (unpaired) electrons. The van der Waals surface area contributed by atoms with Crippen molar-refractivity contribution in [2.45, 2.75) is 20.3 Å². The smallest absolute Gasteiger partial charge is 0.287 e. The van der Waals surface area contributed by atoms with E-state index in [4.69, 9.17) is 0 Å². The molecule has 1 heterocycles. The van der Waals surface area contributed by atoms with Crippen LogP contribution in [-0.2, 0) is 10.0 Å². The number of hydrogen-bond donors (Lipinski definition) is 1. The minimum atomic E-state index is -3.61. The molecule has 8 heteroatoms. The number of sulfonamides is 1. The highest BCUT2D eigenvalue weighted by atomic mass is 32.2. The van der Waals surface area contributed by atoms with Crippen molar-refractivity contribution in [2.75, 3.05) is 18.1 Å². The number of nitrogens with zero attached hydrogens (tertiary/aromatic N) is 2. The second-order valence-corrected chi connectivity index (χ2v) is 8.17. The van der Waals surface area contributed by atoms with E-state index in [-0.39, 0.29) is 12.2 Å². The first-order chi connectivity index (χ1) is 10.8. The number of anilines is 2. The fraction of sp³-hybridized carbons (Fsp3) is 0.333.